The van der Waals surface area contributed by atoms with Gasteiger partial charge >= 0.3 is 6.03 Å². The van der Waals surface area contributed by atoms with Crippen molar-refractivity contribution in [2.45, 2.75) is 12.8 Å². The summed E-state index contributed by atoms with van der Waals surface area (Å²) in [6.07, 6.45) is 1.74. The lowest BCUT2D eigenvalue weighted by Gasteiger charge is -2.31. The standard InChI is InChI=1S/C17H25N5O4/c1-26-14-5-4-12(9-13(14)16(19)24)21-17(25)20-6-8-22-7-2-3-11(10-22)15(18)23/h4-5,9,11H,2-3,6-8,10H2,1H3,(H2,18,23)(H2,19,24)(H2,20,21,25)/t11-/m1/s1. The molecule has 0 aromatic heterocycles. The molecule has 1 heterocycles. The number of hydrogen-bond acceptors (Lipinski definition) is 5. The third-order valence-corrected chi connectivity index (χ3v) is 4.34. The third-order valence-electron chi connectivity index (χ3n) is 4.34. The van der Waals surface area contributed by atoms with E-state index < -0.39 is 11.9 Å². The number of urea groups is 1. The quantitative estimate of drug-likeness (QED) is 0.544. The fourth-order valence-electron chi connectivity index (χ4n) is 2.97. The number of rotatable bonds is 7. The summed E-state index contributed by atoms with van der Waals surface area (Å²) >= 11 is 0. The normalized spacial score (nSPS) is 17.3. The summed E-state index contributed by atoms with van der Waals surface area (Å²) in [5.41, 5.74) is 11.3. The molecular weight excluding hydrogens is 338 g/mol. The number of primary amides is 2. The SMILES string of the molecule is COc1ccc(NC(=O)NCCN2CCC[C@@H](C(N)=O)C2)cc1C(N)=O. The van der Waals surface area contributed by atoms with Crippen LogP contribution in [-0.2, 0) is 4.79 Å². The van der Waals surface area contributed by atoms with Crippen molar-refractivity contribution in [2.75, 3.05) is 38.6 Å². The number of anilines is 1. The van der Waals surface area contributed by atoms with Crippen molar-refractivity contribution < 1.29 is 19.1 Å². The number of piperidine rings is 1. The van der Waals surface area contributed by atoms with Crippen molar-refractivity contribution in [1.82, 2.24) is 10.2 Å². The molecule has 1 fully saturated rings. The molecule has 1 aromatic rings. The average Bonchev–Trinajstić information content (AvgIpc) is 2.61. The zero-order chi connectivity index (χ0) is 19.1. The van der Waals surface area contributed by atoms with Crippen LogP contribution in [0.15, 0.2) is 18.2 Å². The zero-order valence-corrected chi connectivity index (χ0v) is 14.8. The number of carbonyl (C=O) groups excluding carboxylic acids is 3. The molecule has 0 unspecified atom stereocenters. The minimum Gasteiger partial charge on any atom is -0.496 e. The number of nitrogens with zero attached hydrogens (tertiary/aromatic N) is 1. The minimum absolute atomic E-state index is 0.121. The van der Waals surface area contributed by atoms with Crippen LogP contribution in [0.1, 0.15) is 23.2 Å². The molecule has 1 saturated heterocycles. The second-order valence-electron chi connectivity index (χ2n) is 6.20. The van der Waals surface area contributed by atoms with E-state index in [1.807, 2.05) is 0 Å². The van der Waals surface area contributed by atoms with Gasteiger partial charge in [-0.05, 0) is 37.6 Å². The van der Waals surface area contributed by atoms with Crippen LogP contribution in [0.4, 0.5) is 10.5 Å². The van der Waals surface area contributed by atoms with Crippen LogP contribution in [0.2, 0.25) is 0 Å². The Morgan fingerprint density at radius 1 is 1.31 bits per heavy atom. The maximum atomic E-state index is 12.0. The highest BCUT2D eigenvalue weighted by molar-refractivity contribution is 5.98. The summed E-state index contributed by atoms with van der Waals surface area (Å²) in [4.78, 5) is 36.8. The molecule has 9 nitrogen and oxygen atoms in total. The Hall–Kier alpha value is -2.81. The Morgan fingerprint density at radius 3 is 2.73 bits per heavy atom. The van der Waals surface area contributed by atoms with Gasteiger partial charge in [-0.25, -0.2) is 4.79 Å². The van der Waals surface area contributed by atoms with Gasteiger partial charge in [0.05, 0.1) is 18.6 Å². The van der Waals surface area contributed by atoms with Gasteiger partial charge in [-0.1, -0.05) is 0 Å². The monoisotopic (exact) mass is 363 g/mol. The van der Waals surface area contributed by atoms with E-state index in [-0.39, 0.29) is 17.4 Å². The second kappa shape index (κ2) is 9.04. The summed E-state index contributed by atoms with van der Waals surface area (Å²) in [5, 5.41) is 5.39. The van der Waals surface area contributed by atoms with Gasteiger partial charge in [0.25, 0.3) is 5.91 Å². The summed E-state index contributed by atoms with van der Waals surface area (Å²) < 4.78 is 5.06. The molecule has 1 aliphatic rings. The van der Waals surface area contributed by atoms with Crippen LogP contribution < -0.4 is 26.8 Å². The van der Waals surface area contributed by atoms with E-state index in [0.717, 1.165) is 19.4 Å². The number of methoxy groups -OCH3 is 1. The number of nitrogens with one attached hydrogen (secondary N) is 2. The van der Waals surface area contributed by atoms with E-state index in [9.17, 15) is 14.4 Å². The van der Waals surface area contributed by atoms with Crippen molar-refractivity contribution in [3.8, 4) is 5.75 Å². The Bertz CT molecular complexity index is 679. The van der Waals surface area contributed by atoms with Gasteiger partial charge in [-0.15, -0.1) is 0 Å². The molecule has 2 rings (SSSR count). The zero-order valence-electron chi connectivity index (χ0n) is 14.8. The Labute approximate surface area is 152 Å². The molecule has 0 saturated carbocycles. The number of benzene rings is 1. The molecule has 9 heteroatoms. The predicted octanol–water partition coefficient (Wildman–Crippen LogP) is 0.113. The molecule has 26 heavy (non-hydrogen) atoms. The highest BCUT2D eigenvalue weighted by Crippen LogP contribution is 2.22. The van der Waals surface area contributed by atoms with Crippen molar-refractivity contribution in [2.24, 2.45) is 17.4 Å². The first kappa shape index (κ1) is 19.5. The Kier molecular flexibility index (Phi) is 6.79. The number of nitrogens with two attached hydrogens (primary N) is 2. The van der Waals surface area contributed by atoms with Crippen molar-refractivity contribution in [1.29, 1.82) is 0 Å². The number of amides is 4. The lowest BCUT2D eigenvalue weighted by molar-refractivity contribution is -0.123. The maximum absolute atomic E-state index is 12.0. The first-order valence-corrected chi connectivity index (χ1v) is 8.45. The van der Waals surface area contributed by atoms with Crippen LogP contribution in [-0.4, -0.2) is 56.0 Å². The van der Waals surface area contributed by atoms with Gasteiger partial charge in [0.2, 0.25) is 5.91 Å². The van der Waals surface area contributed by atoms with Crippen molar-refractivity contribution >= 4 is 23.5 Å². The van der Waals surface area contributed by atoms with Crippen LogP contribution >= 0.6 is 0 Å². The Morgan fingerprint density at radius 2 is 2.08 bits per heavy atom. The summed E-state index contributed by atoms with van der Waals surface area (Å²) in [6.45, 7) is 2.56. The first-order valence-electron chi connectivity index (χ1n) is 8.45. The lowest BCUT2D eigenvalue weighted by atomic mass is 9.97. The van der Waals surface area contributed by atoms with Crippen LogP contribution in [0, 0.1) is 5.92 Å². The predicted molar refractivity (Wildman–Crippen MR) is 96.9 cm³/mol. The average molecular weight is 363 g/mol. The van der Waals surface area contributed by atoms with Gasteiger partial charge < -0.3 is 31.7 Å². The van der Waals surface area contributed by atoms with Gasteiger partial charge in [0.1, 0.15) is 5.75 Å². The molecule has 4 amide bonds. The molecule has 1 atom stereocenters. The van der Waals surface area contributed by atoms with Crippen molar-refractivity contribution in [3.63, 3.8) is 0 Å². The first-order chi connectivity index (χ1) is 12.4. The van der Waals surface area contributed by atoms with Crippen LogP contribution in [0.5, 0.6) is 5.75 Å². The minimum atomic E-state index is -0.639. The molecular formula is C17H25N5O4. The molecule has 1 aromatic carbocycles. The van der Waals surface area contributed by atoms with Gasteiger partial charge in [-0.3, -0.25) is 9.59 Å². The van der Waals surface area contributed by atoms with E-state index in [2.05, 4.69) is 15.5 Å². The maximum Gasteiger partial charge on any atom is 0.319 e. The Balaban J connectivity index is 1.81. The molecule has 0 radical (unpaired) electrons. The summed E-state index contributed by atoms with van der Waals surface area (Å²) in [6, 6.07) is 4.25. The molecule has 0 spiro atoms. The van der Waals surface area contributed by atoms with E-state index in [4.69, 9.17) is 16.2 Å². The van der Waals surface area contributed by atoms with E-state index in [1.54, 1.807) is 12.1 Å². The molecule has 142 valence electrons. The van der Waals surface area contributed by atoms with Crippen LogP contribution in [0.3, 0.4) is 0 Å². The number of hydrogen-bond donors (Lipinski definition) is 4. The van der Waals surface area contributed by atoms with E-state index in [0.29, 0.717) is 31.1 Å². The number of ether oxygens (including phenoxy) is 1. The molecule has 0 aliphatic carbocycles. The van der Waals surface area contributed by atoms with E-state index in [1.165, 1.54) is 13.2 Å². The topological polar surface area (TPSA) is 140 Å². The summed E-state index contributed by atoms with van der Waals surface area (Å²) in [5.74, 6) is -0.688. The van der Waals surface area contributed by atoms with Gasteiger partial charge in [0.15, 0.2) is 0 Å². The number of likely N-dealkylation sites (tertiary alicyclic amines) is 1. The van der Waals surface area contributed by atoms with E-state index >= 15 is 0 Å². The fraction of sp³-hybridized carbons (Fsp3) is 0.471. The third kappa shape index (κ3) is 5.35. The highest BCUT2D eigenvalue weighted by Gasteiger charge is 2.23. The number of carbonyl (C=O) groups is 3. The smallest absolute Gasteiger partial charge is 0.319 e. The molecule has 0 bridgehead atoms. The summed E-state index contributed by atoms with van der Waals surface area (Å²) in [7, 11) is 1.44. The fourth-order valence-corrected chi connectivity index (χ4v) is 2.97. The molecule has 6 N–H and O–H groups in total. The van der Waals surface area contributed by atoms with Gasteiger partial charge in [-0.2, -0.15) is 0 Å². The molecule has 1 aliphatic heterocycles. The van der Waals surface area contributed by atoms with Crippen molar-refractivity contribution in [3.05, 3.63) is 23.8 Å². The van der Waals surface area contributed by atoms with Gasteiger partial charge in [0, 0.05) is 25.3 Å². The second-order valence-corrected chi connectivity index (χ2v) is 6.20. The largest absolute Gasteiger partial charge is 0.496 e. The van der Waals surface area contributed by atoms with Crippen LogP contribution in [0.25, 0.3) is 0 Å². The highest BCUT2D eigenvalue weighted by atomic mass is 16.5. The lowest BCUT2D eigenvalue weighted by Crippen LogP contribution is -2.44.